The van der Waals surface area contributed by atoms with Gasteiger partial charge in [-0.2, -0.15) is 23.0 Å². The maximum atomic E-state index is 13.3. The van der Waals surface area contributed by atoms with Gasteiger partial charge in [0.2, 0.25) is 11.0 Å². The first-order valence-corrected chi connectivity index (χ1v) is 17.4. The number of pyridine rings is 2. The second-order valence-electron chi connectivity index (χ2n) is 12.4. The molecule has 0 unspecified atom stereocenters. The minimum atomic E-state index is -6.09. The molecule has 1 N–H and O–H groups in total. The number of halogens is 3. The predicted octanol–water partition coefficient (Wildman–Crippen LogP) is 8.68. The molecule has 0 saturated carbocycles. The van der Waals surface area contributed by atoms with Crippen LogP contribution < -0.4 is 4.57 Å². The largest absolute Gasteiger partial charge is 0.741 e. The molecule has 0 aliphatic carbocycles. The maximum Gasteiger partial charge on any atom is 0.485 e. The number of hydrogen-bond donors (Lipinski definition) is 1. The van der Waals surface area contributed by atoms with Crippen molar-refractivity contribution in [2.24, 2.45) is 7.05 Å². The molecule has 0 saturated heterocycles. The fourth-order valence-electron chi connectivity index (χ4n) is 6.82. The molecule has 2 heterocycles. The number of benzene rings is 5. The molecule has 0 bridgehead atoms. The highest BCUT2D eigenvalue weighted by molar-refractivity contribution is 7.86. The summed E-state index contributed by atoms with van der Waals surface area (Å²) in [6.07, 6.45) is 0.975. The van der Waals surface area contributed by atoms with Crippen LogP contribution in [0.25, 0.3) is 65.9 Å². The van der Waals surface area contributed by atoms with Gasteiger partial charge in [0.05, 0.1) is 33.4 Å². The van der Waals surface area contributed by atoms with E-state index in [4.69, 9.17) is 18.0 Å². The van der Waals surface area contributed by atoms with E-state index in [2.05, 4.69) is 67.9 Å². The lowest BCUT2D eigenvalue weighted by Crippen LogP contribution is -2.32. The standard InChI is InChI=1S/C39H29N3O2.CHF3O3S/c1-23-15-16-28-33(20-23)42(3)38-27(13-9-19-40)21-24(2)34(25-10-5-4-6-11-25)37(38)35(28)29-17-18-32-30(36(29)39(43)44)22-26-12-7-8-14-31(26)41-32;2-1(3,4)8(5,6)7/h4-8,10-12,14-18,20-22H,9,13H2,1-3H3;(H,5,6,7). The van der Waals surface area contributed by atoms with E-state index >= 15 is 0 Å². The van der Waals surface area contributed by atoms with E-state index in [1.165, 1.54) is 0 Å². The summed E-state index contributed by atoms with van der Waals surface area (Å²) in [6.45, 7) is 4.18. The smallest absolute Gasteiger partial charge is 0.485 e. The second kappa shape index (κ2) is 13.7. The number of fused-ring (bicyclic) bond motifs is 4. The van der Waals surface area contributed by atoms with Crippen LogP contribution in [0.2, 0.25) is 0 Å². The van der Waals surface area contributed by atoms with Gasteiger partial charge in [-0.05, 0) is 78.4 Å². The van der Waals surface area contributed by atoms with Crippen molar-refractivity contribution in [3.63, 3.8) is 0 Å². The van der Waals surface area contributed by atoms with Gasteiger partial charge in [0.1, 0.15) is 7.05 Å². The Labute approximate surface area is 296 Å². The third kappa shape index (κ3) is 6.52. The number of para-hydroxylation sites is 1. The Hall–Kier alpha value is -5.90. The SMILES string of the molecule is Cc1ccc2c(-c3ccc4nc5ccccc5cc4c3C(=O)O)c3c(-c4ccccc4)c(C)cc(CCC#N)c3[n+](C)c2c1.O=S(=O)([O-])C(F)(F)F. The first-order chi connectivity index (χ1) is 24.6. The average molecular weight is 722 g/mol. The van der Waals surface area contributed by atoms with Gasteiger partial charge in [-0.1, -0.05) is 60.7 Å². The molecule has 0 aliphatic heterocycles. The molecule has 12 heteroatoms. The first kappa shape index (κ1) is 35.9. The zero-order valence-electron chi connectivity index (χ0n) is 28.1. The van der Waals surface area contributed by atoms with E-state index in [1.54, 1.807) is 0 Å². The quantitative estimate of drug-likeness (QED) is 0.0813. The number of nitrogens with zero attached hydrogens (tertiary/aromatic N) is 3. The molecule has 7 rings (SSSR count). The second-order valence-corrected chi connectivity index (χ2v) is 13.7. The Bertz CT molecular complexity index is 2730. The van der Waals surface area contributed by atoms with Crippen molar-refractivity contribution in [1.29, 1.82) is 5.26 Å². The van der Waals surface area contributed by atoms with Crippen molar-refractivity contribution in [3.8, 4) is 28.3 Å². The summed E-state index contributed by atoms with van der Waals surface area (Å²) in [7, 11) is -4.02. The van der Waals surface area contributed by atoms with Crippen LogP contribution in [-0.4, -0.2) is 34.5 Å². The topological polar surface area (TPSA) is 135 Å². The summed E-state index contributed by atoms with van der Waals surface area (Å²) in [4.78, 5) is 18.1. The lowest BCUT2D eigenvalue weighted by atomic mass is 9.84. The molecule has 0 fully saturated rings. The van der Waals surface area contributed by atoms with Gasteiger partial charge in [-0.3, -0.25) is 0 Å². The fraction of sp³-hybridized carbons (Fsp3) is 0.150. The van der Waals surface area contributed by atoms with Crippen molar-refractivity contribution >= 4 is 59.7 Å². The molecule has 8 nitrogen and oxygen atoms in total. The third-order valence-corrected chi connectivity index (χ3v) is 9.55. The summed E-state index contributed by atoms with van der Waals surface area (Å²) >= 11 is 0. The van der Waals surface area contributed by atoms with E-state index in [0.717, 1.165) is 66.1 Å². The van der Waals surface area contributed by atoms with Gasteiger partial charge >= 0.3 is 11.5 Å². The van der Waals surface area contributed by atoms with Crippen molar-refractivity contribution in [1.82, 2.24) is 4.98 Å². The van der Waals surface area contributed by atoms with Crippen molar-refractivity contribution in [2.45, 2.75) is 32.2 Å². The van der Waals surface area contributed by atoms with Crippen molar-refractivity contribution in [3.05, 3.63) is 119 Å². The molecule has 0 spiro atoms. The molecule has 0 radical (unpaired) electrons. The molecule has 0 atom stereocenters. The highest BCUT2D eigenvalue weighted by Crippen LogP contribution is 2.45. The fourth-order valence-corrected chi connectivity index (χ4v) is 6.82. The van der Waals surface area contributed by atoms with Crippen LogP contribution in [-0.2, 0) is 23.6 Å². The number of rotatable bonds is 5. The third-order valence-electron chi connectivity index (χ3n) is 8.98. The normalized spacial score (nSPS) is 11.8. The number of aromatic carboxylic acids is 1. The van der Waals surface area contributed by atoms with Crippen molar-refractivity contribution in [2.75, 3.05) is 0 Å². The molecular weight excluding hydrogens is 692 g/mol. The van der Waals surface area contributed by atoms with Gasteiger partial charge < -0.3 is 9.66 Å². The molecular formula is C40H30F3N3O5S. The lowest BCUT2D eigenvalue weighted by Gasteiger charge is -2.20. The van der Waals surface area contributed by atoms with Crippen LogP contribution >= 0.6 is 0 Å². The first-order valence-electron chi connectivity index (χ1n) is 16.0. The highest BCUT2D eigenvalue weighted by atomic mass is 32.2. The van der Waals surface area contributed by atoms with E-state index in [-0.39, 0.29) is 5.56 Å². The van der Waals surface area contributed by atoms with Gasteiger partial charge in [0.25, 0.3) is 0 Å². The van der Waals surface area contributed by atoms with Gasteiger partial charge in [-0.25, -0.2) is 18.2 Å². The molecule has 5 aromatic carbocycles. The van der Waals surface area contributed by atoms with E-state index in [9.17, 15) is 28.3 Å². The zero-order chi connectivity index (χ0) is 37.5. The highest BCUT2D eigenvalue weighted by Gasteiger charge is 2.37. The van der Waals surface area contributed by atoms with Gasteiger partial charge in [0, 0.05) is 34.4 Å². The van der Waals surface area contributed by atoms with Crippen molar-refractivity contribution < 1.29 is 40.6 Å². The predicted molar refractivity (Wildman–Crippen MR) is 192 cm³/mol. The number of carboxylic acids is 1. The summed E-state index contributed by atoms with van der Waals surface area (Å²) in [6, 6.07) is 34.8. The Morgan fingerprint density at radius 2 is 1.58 bits per heavy atom. The minimum Gasteiger partial charge on any atom is -0.741 e. The average Bonchev–Trinajstić information content (AvgIpc) is 3.09. The summed E-state index contributed by atoms with van der Waals surface area (Å²) < 4.78 is 61.1. The Morgan fingerprint density at radius 3 is 2.23 bits per heavy atom. The van der Waals surface area contributed by atoms with Gasteiger partial charge in [0.15, 0.2) is 10.1 Å². The number of nitriles is 1. The van der Waals surface area contributed by atoms with Crippen LogP contribution in [0.1, 0.15) is 33.5 Å². The maximum absolute atomic E-state index is 13.3. The monoisotopic (exact) mass is 721 g/mol. The Morgan fingerprint density at radius 1 is 0.904 bits per heavy atom. The Balaban J connectivity index is 0.000000522. The Kier molecular flexibility index (Phi) is 9.44. The number of carboxylic acid groups (broad SMARTS) is 1. The van der Waals surface area contributed by atoms with E-state index < -0.39 is 21.6 Å². The summed E-state index contributed by atoms with van der Waals surface area (Å²) in [5.41, 5.74) is 4.96. The summed E-state index contributed by atoms with van der Waals surface area (Å²) in [5.74, 6) is -0.997. The molecule has 262 valence electrons. The lowest BCUT2D eigenvalue weighted by molar-refractivity contribution is -0.617. The minimum absolute atomic E-state index is 0.233. The van der Waals surface area contributed by atoms with E-state index in [0.29, 0.717) is 29.3 Å². The van der Waals surface area contributed by atoms with Crippen LogP contribution in [0.3, 0.4) is 0 Å². The zero-order valence-corrected chi connectivity index (χ0v) is 28.9. The number of aromatic nitrogens is 2. The van der Waals surface area contributed by atoms with Crippen LogP contribution in [0.15, 0.2) is 97.1 Å². The molecule has 0 aliphatic rings. The molecule has 0 amide bonds. The number of alkyl halides is 3. The molecule has 52 heavy (non-hydrogen) atoms. The number of hydrogen-bond acceptors (Lipinski definition) is 6. The number of aryl methyl sites for hydroxylation is 4. The van der Waals surface area contributed by atoms with Crippen LogP contribution in [0.5, 0.6) is 0 Å². The number of carbonyl (C=O) groups is 1. The van der Waals surface area contributed by atoms with Crippen LogP contribution in [0.4, 0.5) is 13.2 Å². The molecule has 2 aromatic heterocycles. The molecule has 7 aromatic rings. The van der Waals surface area contributed by atoms with E-state index in [1.807, 2.05) is 60.7 Å². The summed E-state index contributed by atoms with van der Waals surface area (Å²) in [5, 5.41) is 23.9. The van der Waals surface area contributed by atoms with Gasteiger partial charge in [-0.15, -0.1) is 0 Å². The van der Waals surface area contributed by atoms with Crippen LogP contribution in [0, 0.1) is 25.2 Å².